The van der Waals surface area contributed by atoms with Crippen molar-refractivity contribution in [3.05, 3.63) is 41.5 Å². The van der Waals surface area contributed by atoms with Gasteiger partial charge in [0, 0.05) is 24.3 Å². The van der Waals surface area contributed by atoms with Crippen LogP contribution in [0.4, 0.5) is 4.39 Å². The fraction of sp³-hybridized carbons (Fsp3) is 0.400. The highest BCUT2D eigenvalue weighted by atomic mass is 19.1. The van der Waals surface area contributed by atoms with Crippen LogP contribution in [0.2, 0.25) is 0 Å². The number of nitrogens with one attached hydrogen (secondary N) is 1. The van der Waals surface area contributed by atoms with Crippen molar-refractivity contribution in [1.82, 2.24) is 15.1 Å². The van der Waals surface area contributed by atoms with E-state index in [0.717, 1.165) is 28.9 Å². The van der Waals surface area contributed by atoms with Gasteiger partial charge < -0.3 is 5.32 Å². The Hall–Kier alpha value is -1.68. The van der Waals surface area contributed by atoms with Gasteiger partial charge in [-0.2, -0.15) is 5.10 Å². The van der Waals surface area contributed by atoms with Crippen molar-refractivity contribution in [2.24, 2.45) is 0 Å². The molecule has 3 nitrogen and oxygen atoms in total. The summed E-state index contributed by atoms with van der Waals surface area (Å²) in [5, 5.41) is 7.64. The van der Waals surface area contributed by atoms with E-state index in [1.54, 1.807) is 6.07 Å². The normalized spacial score (nSPS) is 12.7. The molecule has 1 atom stereocenters. The molecule has 1 aromatic carbocycles. The van der Waals surface area contributed by atoms with E-state index in [1.807, 2.05) is 37.8 Å². The molecule has 4 heteroatoms. The molecule has 0 bridgehead atoms. The van der Waals surface area contributed by atoms with E-state index in [1.165, 1.54) is 6.07 Å². The number of nitrogens with zero attached hydrogens (tertiary/aromatic N) is 2. The van der Waals surface area contributed by atoms with E-state index < -0.39 is 0 Å². The lowest BCUT2D eigenvalue weighted by molar-refractivity contribution is 0.620. The van der Waals surface area contributed by atoms with Crippen LogP contribution < -0.4 is 5.32 Å². The minimum atomic E-state index is -0.217. The largest absolute Gasteiger partial charge is 0.313 e. The molecule has 0 spiro atoms. The molecule has 19 heavy (non-hydrogen) atoms. The molecule has 0 aliphatic rings. The van der Waals surface area contributed by atoms with Crippen LogP contribution in [0.15, 0.2) is 24.4 Å². The average molecular weight is 261 g/mol. The maximum absolute atomic E-state index is 13.6. The van der Waals surface area contributed by atoms with Crippen LogP contribution >= 0.6 is 0 Å². The number of aryl methyl sites for hydroxylation is 2. The fourth-order valence-corrected chi connectivity index (χ4v) is 2.24. The monoisotopic (exact) mass is 261 g/mol. The Morgan fingerprint density at radius 1 is 1.37 bits per heavy atom. The molecule has 0 amide bonds. The minimum Gasteiger partial charge on any atom is -0.313 e. The van der Waals surface area contributed by atoms with Crippen LogP contribution in [0.25, 0.3) is 11.1 Å². The van der Waals surface area contributed by atoms with Crippen molar-refractivity contribution in [2.75, 3.05) is 7.05 Å². The number of benzene rings is 1. The van der Waals surface area contributed by atoms with Gasteiger partial charge in [0.2, 0.25) is 0 Å². The van der Waals surface area contributed by atoms with E-state index in [-0.39, 0.29) is 11.9 Å². The fourth-order valence-electron chi connectivity index (χ4n) is 2.24. The van der Waals surface area contributed by atoms with Crippen LogP contribution in [-0.4, -0.2) is 16.8 Å². The lowest BCUT2D eigenvalue weighted by atomic mass is 9.96. The zero-order valence-corrected chi connectivity index (χ0v) is 11.9. The lowest BCUT2D eigenvalue weighted by Crippen LogP contribution is -2.13. The van der Waals surface area contributed by atoms with Crippen LogP contribution in [0, 0.1) is 12.7 Å². The van der Waals surface area contributed by atoms with Gasteiger partial charge >= 0.3 is 0 Å². The van der Waals surface area contributed by atoms with Crippen molar-refractivity contribution < 1.29 is 4.39 Å². The molecule has 2 aromatic rings. The summed E-state index contributed by atoms with van der Waals surface area (Å²) in [6, 6.07) is 5.11. The molecule has 0 aliphatic carbocycles. The predicted octanol–water partition coefficient (Wildman–Crippen LogP) is 3.30. The van der Waals surface area contributed by atoms with Crippen LogP contribution in [-0.2, 0) is 6.54 Å². The second-order valence-electron chi connectivity index (χ2n) is 4.73. The van der Waals surface area contributed by atoms with Crippen molar-refractivity contribution in [1.29, 1.82) is 0 Å². The number of rotatable bonds is 4. The quantitative estimate of drug-likeness (QED) is 0.915. The summed E-state index contributed by atoms with van der Waals surface area (Å²) in [7, 11) is 1.90. The van der Waals surface area contributed by atoms with Crippen molar-refractivity contribution in [3.63, 3.8) is 0 Å². The van der Waals surface area contributed by atoms with Gasteiger partial charge in [0.05, 0.1) is 5.69 Å². The summed E-state index contributed by atoms with van der Waals surface area (Å²) in [4.78, 5) is 0. The van der Waals surface area contributed by atoms with Gasteiger partial charge in [0.1, 0.15) is 5.82 Å². The zero-order chi connectivity index (χ0) is 14.0. The lowest BCUT2D eigenvalue weighted by Gasteiger charge is -2.15. The first-order valence-corrected chi connectivity index (χ1v) is 6.58. The molecule has 1 N–H and O–H groups in total. The molecule has 1 heterocycles. The van der Waals surface area contributed by atoms with Crippen LogP contribution in [0.3, 0.4) is 0 Å². The molecule has 1 aromatic heterocycles. The topological polar surface area (TPSA) is 29.9 Å². The van der Waals surface area contributed by atoms with Crippen molar-refractivity contribution in [3.8, 4) is 11.1 Å². The number of hydrogen-bond donors (Lipinski definition) is 1. The van der Waals surface area contributed by atoms with Gasteiger partial charge in [-0.15, -0.1) is 0 Å². The summed E-state index contributed by atoms with van der Waals surface area (Å²) < 4.78 is 15.5. The molecule has 1 unspecified atom stereocenters. The Balaban J connectivity index is 2.59. The zero-order valence-electron chi connectivity index (χ0n) is 11.9. The molecule has 2 rings (SSSR count). The standard InChI is InChI=1S/C15H20FN3/c1-5-19-9-15(11(3)18-19)14-8-12(16)6-7-13(14)10(2)17-4/h6-10,17H,5H2,1-4H3. The number of hydrogen-bond acceptors (Lipinski definition) is 2. The van der Waals surface area contributed by atoms with Gasteiger partial charge in [0.25, 0.3) is 0 Å². The molecule has 0 aliphatic heterocycles. The molecule has 0 saturated heterocycles. The summed E-state index contributed by atoms with van der Waals surface area (Å²) in [5.74, 6) is -0.217. The second kappa shape index (κ2) is 5.53. The summed E-state index contributed by atoms with van der Waals surface area (Å²) in [6.07, 6.45) is 1.98. The first-order chi connectivity index (χ1) is 9.06. The summed E-state index contributed by atoms with van der Waals surface area (Å²) in [5.41, 5.74) is 3.93. The molecule has 0 radical (unpaired) electrons. The predicted molar refractivity (Wildman–Crippen MR) is 75.5 cm³/mol. The number of aromatic nitrogens is 2. The van der Waals surface area contributed by atoms with E-state index in [9.17, 15) is 4.39 Å². The Labute approximate surface area is 113 Å². The van der Waals surface area contributed by atoms with Gasteiger partial charge in [0.15, 0.2) is 0 Å². The smallest absolute Gasteiger partial charge is 0.123 e. The third-order valence-electron chi connectivity index (χ3n) is 3.48. The molecular weight excluding hydrogens is 241 g/mol. The van der Waals surface area contributed by atoms with Crippen molar-refractivity contribution >= 4 is 0 Å². The maximum Gasteiger partial charge on any atom is 0.123 e. The summed E-state index contributed by atoms with van der Waals surface area (Å²) >= 11 is 0. The van der Waals surface area contributed by atoms with Crippen LogP contribution in [0.5, 0.6) is 0 Å². The molecule has 0 fully saturated rings. The van der Waals surface area contributed by atoms with Gasteiger partial charge in [-0.05, 0) is 51.1 Å². The SMILES string of the molecule is CCn1cc(-c2cc(F)ccc2C(C)NC)c(C)n1. The van der Waals surface area contributed by atoms with E-state index in [2.05, 4.69) is 17.3 Å². The van der Waals surface area contributed by atoms with E-state index in [0.29, 0.717) is 0 Å². The Morgan fingerprint density at radius 3 is 2.68 bits per heavy atom. The average Bonchev–Trinajstić information content (AvgIpc) is 2.79. The van der Waals surface area contributed by atoms with Gasteiger partial charge in [-0.1, -0.05) is 6.07 Å². The highest BCUT2D eigenvalue weighted by Gasteiger charge is 2.15. The first-order valence-electron chi connectivity index (χ1n) is 6.58. The Bertz CT molecular complexity index is 575. The molecular formula is C15H20FN3. The molecule has 0 saturated carbocycles. The number of halogens is 1. The summed E-state index contributed by atoms with van der Waals surface area (Å²) in [6.45, 7) is 6.88. The van der Waals surface area contributed by atoms with E-state index >= 15 is 0 Å². The van der Waals surface area contributed by atoms with Crippen molar-refractivity contribution in [2.45, 2.75) is 33.4 Å². The Kier molecular flexibility index (Phi) is 4.00. The minimum absolute atomic E-state index is 0.167. The van der Waals surface area contributed by atoms with Gasteiger partial charge in [-0.3, -0.25) is 4.68 Å². The molecule has 102 valence electrons. The first kappa shape index (κ1) is 13.7. The van der Waals surface area contributed by atoms with Crippen LogP contribution in [0.1, 0.15) is 31.1 Å². The Morgan fingerprint density at radius 2 is 2.11 bits per heavy atom. The maximum atomic E-state index is 13.6. The highest BCUT2D eigenvalue weighted by molar-refractivity contribution is 5.69. The second-order valence-corrected chi connectivity index (χ2v) is 4.73. The van der Waals surface area contributed by atoms with E-state index in [4.69, 9.17) is 0 Å². The third-order valence-corrected chi connectivity index (χ3v) is 3.48. The highest BCUT2D eigenvalue weighted by Crippen LogP contribution is 2.30. The third kappa shape index (κ3) is 2.68. The van der Waals surface area contributed by atoms with Gasteiger partial charge in [-0.25, -0.2) is 4.39 Å².